The van der Waals surface area contributed by atoms with Crippen LogP contribution in [-0.2, 0) is 7.05 Å². The molecule has 1 nitrogen and oxygen atoms in total. The van der Waals surface area contributed by atoms with Crippen molar-refractivity contribution in [2.24, 2.45) is 7.05 Å². The second-order valence-corrected chi connectivity index (χ2v) is 7.27. The van der Waals surface area contributed by atoms with Crippen LogP contribution in [0.4, 0.5) is 0 Å². The van der Waals surface area contributed by atoms with E-state index in [-0.39, 0.29) is 0 Å². The summed E-state index contributed by atoms with van der Waals surface area (Å²) in [7, 11) is 2.15. The largest absolute Gasteiger partial charge is 0.220 e. The molecular formula is C23H26N+. The summed E-state index contributed by atoms with van der Waals surface area (Å²) < 4.78 is 2.25. The van der Waals surface area contributed by atoms with Crippen molar-refractivity contribution >= 4 is 10.8 Å². The van der Waals surface area contributed by atoms with E-state index < -0.39 is 0 Å². The smallest absolute Gasteiger partial charge is 0.200 e. The lowest BCUT2D eigenvalue weighted by Gasteiger charge is -2.22. The number of rotatable bonds is 2. The van der Waals surface area contributed by atoms with Gasteiger partial charge in [-0.3, -0.25) is 0 Å². The monoisotopic (exact) mass is 316 g/mol. The standard InChI is InChI=1S/C23H26N/c1-17-8-6-7-11-21(17)23-22-13-12-19(18-9-4-3-5-10-18)16-20(22)14-15-24(23)2/h6-8,11-16,18H,3-5,9-10H2,1-2H3/q+1. The Labute approximate surface area is 145 Å². The van der Waals surface area contributed by atoms with Gasteiger partial charge in [0, 0.05) is 11.6 Å². The van der Waals surface area contributed by atoms with Crippen LogP contribution in [0.5, 0.6) is 0 Å². The van der Waals surface area contributed by atoms with E-state index in [4.69, 9.17) is 0 Å². The summed E-state index contributed by atoms with van der Waals surface area (Å²) >= 11 is 0. The third-order valence-corrected chi connectivity index (χ3v) is 5.64. The van der Waals surface area contributed by atoms with Gasteiger partial charge < -0.3 is 0 Å². The van der Waals surface area contributed by atoms with Crippen molar-refractivity contribution in [3.05, 3.63) is 65.9 Å². The van der Waals surface area contributed by atoms with Gasteiger partial charge in [-0.15, -0.1) is 0 Å². The molecule has 1 heteroatoms. The first-order valence-corrected chi connectivity index (χ1v) is 9.22. The van der Waals surface area contributed by atoms with Crippen LogP contribution in [0.25, 0.3) is 22.0 Å². The molecule has 1 aliphatic carbocycles. The van der Waals surface area contributed by atoms with Gasteiger partial charge in [0.15, 0.2) is 6.20 Å². The highest BCUT2D eigenvalue weighted by molar-refractivity contribution is 5.94. The molecule has 0 radical (unpaired) electrons. The number of hydrogen-bond donors (Lipinski definition) is 0. The third kappa shape index (κ3) is 2.73. The molecule has 0 amide bonds. The molecule has 0 N–H and O–H groups in total. The second kappa shape index (κ2) is 6.39. The van der Waals surface area contributed by atoms with Gasteiger partial charge in [-0.2, -0.15) is 0 Å². The summed E-state index contributed by atoms with van der Waals surface area (Å²) in [6.45, 7) is 2.20. The SMILES string of the molecule is Cc1ccccc1-c1c2ccc(C3CCCCC3)cc2cc[n+]1C. The maximum absolute atomic E-state index is 2.44. The first kappa shape index (κ1) is 15.4. The lowest BCUT2D eigenvalue weighted by atomic mass is 9.83. The minimum absolute atomic E-state index is 0.763. The molecule has 1 aromatic heterocycles. The Balaban J connectivity index is 1.86. The Bertz CT molecular complexity index is 872. The van der Waals surface area contributed by atoms with Gasteiger partial charge in [0.1, 0.15) is 7.05 Å². The van der Waals surface area contributed by atoms with E-state index in [1.54, 1.807) is 0 Å². The highest BCUT2D eigenvalue weighted by Gasteiger charge is 2.19. The Morgan fingerprint density at radius 2 is 1.71 bits per heavy atom. The van der Waals surface area contributed by atoms with Gasteiger partial charge in [-0.25, -0.2) is 4.57 Å². The van der Waals surface area contributed by atoms with Crippen molar-refractivity contribution in [1.29, 1.82) is 0 Å². The molecule has 2 aromatic carbocycles. The number of fused-ring (bicyclic) bond motifs is 1. The fourth-order valence-corrected chi connectivity index (χ4v) is 4.25. The van der Waals surface area contributed by atoms with Crippen LogP contribution < -0.4 is 4.57 Å². The van der Waals surface area contributed by atoms with Crippen LogP contribution in [0.15, 0.2) is 54.7 Å². The first-order valence-electron chi connectivity index (χ1n) is 9.22. The number of benzene rings is 2. The zero-order valence-electron chi connectivity index (χ0n) is 14.8. The molecule has 0 spiro atoms. The first-order chi connectivity index (χ1) is 11.7. The summed E-state index contributed by atoms with van der Waals surface area (Å²) in [6, 6.07) is 18.1. The fourth-order valence-electron chi connectivity index (χ4n) is 4.25. The van der Waals surface area contributed by atoms with E-state index in [1.165, 1.54) is 65.3 Å². The number of pyridine rings is 1. The van der Waals surface area contributed by atoms with E-state index >= 15 is 0 Å². The van der Waals surface area contributed by atoms with Gasteiger partial charge in [0.2, 0.25) is 5.69 Å². The van der Waals surface area contributed by atoms with Crippen molar-refractivity contribution in [3.63, 3.8) is 0 Å². The van der Waals surface area contributed by atoms with Crippen LogP contribution in [0.2, 0.25) is 0 Å². The molecule has 0 aliphatic heterocycles. The van der Waals surface area contributed by atoms with E-state index in [0.717, 1.165) is 5.92 Å². The molecule has 1 heterocycles. The summed E-state index contributed by atoms with van der Waals surface area (Å²) in [6.07, 6.45) is 9.11. The van der Waals surface area contributed by atoms with E-state index in [9.17, 15) is 0 Å². The van der Waals surface area contributed by atoms with E-state index in [1.807, 2.05) is 0 Å². The second-order valence-electron chi connectivity index (χ2n) is 7.27. The van der Waals surface area contributed by atoms with Crippen LogP contribution in [0.1, 0.15) is 49.1 Å². The summed E-state index contributed by atoms with van der Waals surface area (Å²) in [5.74, 6) is 0.763. The molecule has 0 bridgehead atoms. The predicted molar refractivity (Wildman–Crippen MR) is 101 cm³/mol. The summed E-state index contributed by atoms with van der Waals surface area (Å²) in [5.41, 5.74) is 5.51. The number of hydrogen-bond acceptors (Lipinski definition) is 0. The van der Waals surface area contributed by atoms with Crippen LogP contribution in [0, 0.1) is 6.92 Å². The molecule has 0 atom stereocenters. The number of aryl methyl sites for hydroxylation is 2. The highest BCUT2D eigenvalue weighted by atomic mass is 14.9. The lowest BCUT2D eigenvalue weighted by molar-refractivity contribution is -0.659. The van der Waals surface area contributed by atoms with Crippen molar-refractivity contribution in [2.45, 2.75) is 44.9 Å². The molecule has 4 rings (SSSR count). The summed E-state index contributed by atoms with van der Waals surface area (Å²) in [4.78, 5) is 0. The van der Waals surface area contributed by atoms with Crippen molar-refractivity contribution in [1.82, 2.24) is 0 Å². The van der Waals surface area contributed by atoms with Gasteiger partial charge in [-0.1, -0.05) is 49.6 Å². The van der Waals surface area contributed by atoms with Gasteiger partial charge in [0.25, 0.3) is 0 Å². The minimum Gasteiger partial charge on any atom is -0.200 e. The van der Waals surface area contributed by atoms with Crippen LogP contribution >= 0.6 is 0 Å². The average Bonchev–Trinajstić information content (AvgIpc) is 2.63. The average molecular weight is 316 g/mol. The van der Waals surface area contributed by atoms with Crippen molar-refractivity contribution in [2.75, 3.05) is 0 Å². The zero-order chi connectivity index (χ0) is 16.5. The van der Waals surface area contributed by atoms with Gasteiger partial charge in [-0.05, 0) is 54.3 Å². The maximum Gasteiger partial charge on any atom is 0.220 e. The molecule has 3 aromatic rings. The number of nitrogens with zero attached hydrogens (tertiary/aromatic N) is 1. The Morgan fingerprint density at radius 1 is 0.917 bits per heavy atom. The molecule has 1 saturated carbocycles. The molecule has 24 heavy (non-hydrogen) atoms. The van der Waals surface area contributed by atoms with E-state index in [2.05, 4.69) is 73.3 Å². The Morgan fingerprint density at radius 3 is 2.50 bits per heavy atom. The molecule has 0 saturated heterocycles. The molecular weight excluding hydrogens is 290 g/mol. The van der Waals surface area contributed by atoms with E-state index in [0.29, 0.717) is 0 Å². The minimum atomic E-state index is 0.763. The predicted octanol–water partition coefficient (Wildman–Crippen LogP) is 5.69. The van der Waals surface area contributed by atoms with Gasteiger partial charge >= 0.3 is 0 Å². The molecule has 1 fully saturated rings. The topological polar surface area (TPSA) is 3.88 Å². The van der Waals surface area contributed by atoms with Crippen LogP contribution in [0.3, 0.4) is 0 Å². The molecule has 1 aliphatic rings. The van der Waals surface area contributed by atoms with Gasteiger partial charge in [0.05, 0.1) is 5.39 Å². The lowest BCUT2D eigenvalue weighted by Crippen LogP contribution is -2.30. The normalized spacial score (nSPS) is 15.8. The molecule has 0 unspecified atom stereocenters. The zero-order valence-corrected chi connectivity index (χ0v) is 14.8. The quantitative estimate of drug-likeness (QED) is 0.535. The van der Waals surface area contributed by atoms with Crippen molar-refractivity contribution in [3.8, 4) is 11.3 Å². The Kier molecular flexibility index (Phi) is 4.10. The number of aromatic nitrogens is 1. The maximum atomic E-state index is 2.44. The summed E-state index contributed by atoms with van der Waals surface area (Å²) in [5, 5.41) is 2.73. The third-order valence-electron chi connectivity index (χ3n) is 5.64. The fraction of sp³-hybridized carbons (Fsp3) is 0.348. The Hall–Kier alpha value is -2.15. The van der Waals surface area contributed by atoms with Crippen molar-refractivity contribution < 1.29 is 4.57 Å². The molecule has 122 valence electrons. The highest BCUT2D eigenvalue weighted by Crippen LogP contribution is 2.35. The van der Waals surface area contributed by atoms with Crippen LogP contribution in [-0.4, -0.2) is 0 Å².